The standard InChI is InChI=1S/C14H21BrN2O/c1-11(2)6-7-17-14(18)10-16-9-12-4-3-5-13(15)8-12/h3-5,8,11,16H,6-7,9-10H2,1-2H3,(H,17,18). The van der Waals surface area contributed by atoms with Crippen LogP contribution in [0.25, 0.3) is 0 Å². The van der Waals surface area contributed by atoms with Crippen molar-refractivity contribution in [2.24, 2.45) is 5.92 Å². The first kappa shape index (κ1) is 15.2. The first-order valence-corrected chi connectivity index (χ1v) is 7.09. The molecule has 100 valence electrons. The molecule has 0 aliphatic carbocycles. The molecule has 0 heterocycles. The fraction of sp³-hybridized carbons (Fsp3) is 0.500. The van der Waals surface area contributed by atoms with Gasteiger partial charge in [-0.2, -0.15) is 0 Å². The average Bonchev–Trinajstić information content (AvgIpc) is 2.28. The lowest BCUT2D eigenvalue weighted by Crippen LogP contribution is -2.34. The van der Waals surface area contributed by atoms with Crippen LogP contribution in [-0.2, 0) is 11.3 Å². The summed E-state index contributed by atoms with van der Waals surface area (Å²) < 4.78 is 1.06. The summed E-state index contributed by atoms with van der Waals surface area (Å²) in [5.74, 6) is 0.686. The summed E-state index contributed by atoms with van der Waals surface area (Å²) in [5, 5.41) is 6.03. The van der Waals surface area contributed by atoms with Gasteiger partial charge in [0.2, 0.25) is 5.91 Å². The highest BCUT2D eigenvalue weighted by Gasteiger charge is 2.01. The number of nitrogens with one attached hydrogen (secondary N) is 2. The fourth-order valence-electron chi connectivity index (χ4n) is 1.53. The predicted molar refractivity (Wildman–Crippen MR) is 78.3 cm³/mol. The number of hydrogen-bond acceptors (Lipinski definition) is 2. The lowest BCUT2D eigenvalue weighted by molar-refractivity contribution is -0.120. The lowest BCUT2D eigenvalue weighted by atomic mass is 10.1. The van der Waals surface area contributed by atoms with E-state index < -0.39 is 0 Å². The van der Waals surface area contributed by atoms with Crippen molar-refractivity contribution in [3.63, 3.8) is 0 Å². The van der Waals surface area contributed by atoms with Crippen LogP contribution in [0.2, 0.25) is 0 Å². The Balaban J connectivity index is 2.15. The van der Waals surface area contributed by atoms with E-state index in [4.69, 9.17) is 0 Å². The van der Waals surface area contributed by atoms with Gasteiger partial charge in [0.15, 0.2) is 0 Å². The van der Waals surface area contributed by atoms with E-state index in [0.29, 0.717) is 19.0 Å². The van der Waals surface area contributed by atoms with Crippen LogP contribution in [-0.4, -0.2) is 19.0 Å². The number of hydrogen-bond donors (Lipinski definition) is 2. The summed E-state index contributed by atoms with van der Waals surface area (Å²) in [4.78, 5) is 11.5. The van der Waals surface area contributed by atoms with Gasteiger partial charge in [0.25, 0.3) is 0 Å². The Bertz CT molecular complexity index is 380. The zero-order valence-corrected chi connectivity index (χ0v) is 12.6. The normalized spacial score (nSPS) is 10.7. The molecule has 0 radical (unpaired) electrons. The Morgan fingerprint density at radius 3 is 2.83 bits per heavy atom. The van der Waals surface area contributed by atoms with Gasteiger partial charge in [-0.05, 0) is 30.0 Å². The van der Waals surface area contributed by atoms with Gasteiger partial charge < -0.3 is 10.6 Å². The van der Waals surface area contributed by atoms with E-state index in [2.05, 4.69) is 40.4 Å². The molecule has 0 saturated heterocycles. The molecule has 0 saturated carbocycles. The molecule has 0 unspecified atom stereocenters. The maximum atomic E-state index is 11.5. The third kappa shape index (κ3) is 6.77. The summed E-state index contributed by atoms with van der Waals surface area (Å²) in [6, 6.07) is 8.06. The minimum Gasteiger partial charge on any atom is -0.355 e. The highest BCUT2D eigenvalue weighted by Crippen LogP contribution is 2.11. The van der Waals surface area contributed by atoms with Crippen LogP contribution in [0.1, 0.15) is 25.8 Å². The van der Waals surface area contributed by atoms with E-state index in [9.17, 15) is 4.79 Å². The molecule has 18 heavy (non-hydrogen) atoms. The maximum Gasteiger partial charge on any atom is 0.233 e. The van der Waals surface area contributed by atoms with Gasteiger partial charge >= 0.3 is 0 Å². The fourth-order valence-corrected chi connectivity index (χ4v) is 1.98. The highest BCUT2D eigenvalue weighted by molar-refractivity contribution is 9.10. The van der Waals surface area contributed by atoms with Crippen molar-refractivity contribution in [1.82, 2.24) is 10.6 Å². The minimum absolute atomic E-state index is 0.0608. The molecule has 0 aliphatic rings. The van der Waals surface area contributed by atoms with Crippen LogP contribution < -0.4 is 10.6 Å². The second-order valence-electron chi connectivity index (χ2n) is 4.77. The number of rotatable bonds is 7. The number of halogens is 1. The first-order valence-electron chi connectivity index (χ1n) is 6.30. The molecule has 0 spiro atoms. The molecule has 0 atom stereocenters. The van der Waals surface area contributed by atoms with Crippen LogP contribution in [0.4, 0.5) is 0 Å². The molecule has 4 heteroatoms. The van der Waals surface area contributed by atoms with E-state index in [1.807, 2.05) is 24.3 Å². The molecule has 0 fully saturated rings. The number of carbonyl (C=O) groups excluding carboxylic acids is 1. The van der Waals surface area contributed by atoms with E-state index in [-0.39, 0.29) is 5.91 Å². The molecule has 0 aliphatic heterocycles. The van der Waals surface area contributed by atoms with Crippen LogP contribution in [0, 0.1) is 5.92 Å². The lowest BCUT2D eigenvalue weighted by Gasteiger charge is -2.08. The Morgan fingerprint density at radius 2 is 2.17 bits per heavy atom. The van der Waals surface area contributed by atoms with Crippen molar-refractivity contribution in [2.75, 3.05) is 13.1 Å². The Morgan fingerprint density at radius 1 is 1.39 bits per heavy atom. The van der Waals surface area contributed by atoms with Gasteiger partial charge in [0, 0.05) is 17.6 Å². The topological polar surface area (TPSA) is 41.1 Å². The van der Waals surface area contributed by atoms with Crippen molar-refractivity contribution < 1.29 is 4.79 Å². The van der Waals surface area contributed by atoms with Crippen molar-refractivity contribution in [2.45, 2.75) is 26.8 Å². The van der Waals surface area contributed by atoms with Gasteiger partial charge in [-0.3, -0.25) is 4.79 Å². The van der Waals surface area contributed by atoms with E-state index in [1.165, 1.54) is 5.56 Å². The molecular formula is C14H21BrN2O. The third-order valence-corrected chi connectivity index (χ3v) is 3.04. The quantitative estimate of drug-likeness (QED) is 0.813. The second-order valence-corrected chi connectivity index (χ2v) is 5.68. The monoisotopic (exact) mass is 312 g/mol. The third-order valence-electron chi connectivity index (χ3n) is 2.55. The molecule has 1 aromatic rings. The van der Waals surface area contributed by atoms with Crippen LogP contribution in [0.5, 0.6) is 0 Å². The zero-order chi connectivity index (χ0) is 13.4. The van der Waals surface area contributed by atoms with E-state index >= 15 is 0 Å². The summed E-state index contributed by atoms with van der Waals surface area (Å²) >= 11 is 3.42. The van der Waals surface area contributed by atoms with Gasteiger partial charge in [-0.1, -0.05) is 41.9 Å². The molecule has 0 bridgehead atoms. The van der Waals surface area contributed by atoms with Crippen LogP contribution >= 0.6 is 15.9 Å². The Hall–Kier alpha value is -0.870. The SMILES string of the molecule is CC(C)CCNC(=O)CNCc1cccc(Br)c1. The minimum atomic E-state index is 0.0608. The summed E-state index contributed by atoms with van der Waals surface area (Å²) in [6.45, 7) is 6.13. The number of carbonyl (C=O) groups is 1. The van der Waals surface area contributed by atoms with Crippen molar-refractivity contribution in [3.05, 3.63) is 34.3 Å². The molecule has 1 amide bonds. The summed E-state index contributed by atoms with van der Waals surface area (Å²) in [7, 11) is 0. The van der Waals surface area contributed by atoms with Gasteiger partial charge in [-0.25, -0.2) is 0 Å². The van der Waals surface area contributed by atoms with Gasteiger partial charge in [0.05, 0.1) is 6.54 Å². The largest absolute Gasteiger partial charge is 0.355 e. The molecule has 3 nitrogen and oxygen atoms in total. The molecule has 0 aromatic heterocycles. The number of benzene rings is 1. The zero-order valence-electron chi connectivity index (χ0n) is 11.0. The molecule has 2 N–H and O–H groups in total. The van der Waals surface area contributed by atoms with Crippen molar-refractivity contribution in [1.29, 1.82) is 0 Å². The van der Waals surface area contributed by atoms with E-state index in [0.717, 1.165) is 17.4 Å². The van der Waals surface area contributed by atoms with Crippen LogP contribution in [0.3, 0.4) is 0 Å². The van der Waals surface area contributed by atoms with Gasteiger partial charge in [0.1, 0.15) is 0 Å². The van der Waals surface area contributed by atoms with Crippen LogP contribution in [0.15, 0.2) is 28.7 Å². The van der Waals surface area contributed by atoms with Crippen molar-refractivity contribution in [3.8, 4) is 0 Å². The highest BCUT2D eigenvalue weighted by atomic mass is 79.9. The molecular weight excluding hydrogens is 292 g/mol. The Labute approximate surface area is 117 Å². The predicted octanol–water partition coefficient (Wildman–Crippen LogP) is 2.70. The Kier molecular flexibility index (Phi) is 6.98. The van der Waals surface area contributed by atoms with E-state index in [1.54, 1.807) is 0 Å². The molecule has 1 aromatic carbocycles. The number of amides is 1. The van der Waals surface area contributed by atoms with Gasteiger partial charge in [-0.15, -0.1) is 0 Å². The molecule has 1 rings (SSSR count). The smallest absolute Gasteiger partial charge is 0.233 e. The summed E-state index contributed by atoms with van der Waals surface area (Å²) in [6.07, 6.45) is 1.03. The first-order chi connectivity index (χ1) is 8.58. The average molecular weight is 313 g/mol. The maximum absolute atomic E-state index is 11.5. The second kappa shape index (κ2) is 8.27. The van der Waals surface area contributed by atoms with Crippen molar-refractivity contribution >= 4 is 21.8 Å². The summed E-state index contributed by atoms with van der Waals surface area (Å²) in [5.41, 5.74) is 1.17.